The summed E-state index contributed by atoms with van der Waals surface area (Å²) in [6.07, 6.45) is 0. The lowest BCUT2D eigenvalue weighted by Gasteiger charge is -2.20. The molecule has 0 saturated carbocycles. The third-order valence-electron chi connectivity index (χ3n) is 2.18. The van der Waals surface area contributed by atoms with Crippen molar-refractivity contribution in [2.24, 2.45) is 0 Å². The summed E-state index contributed by atoms with van der Waals surface area (Å²) in [4.78, 5) is 2.22. The molecular weight excluding hydrogens is 214 g/mol. The summed E-state index contributed by atoms with van der Waals surface area (Å²) in [5, 5.41) is 11.9. The largest absolute Gasteiger partial charge is 0.292 e. The second-order valence-corrected chi connectivity index (χ2v) is 5.20. The van der Waals surface area contributed by atoms with Gasteiger partial charge in [-0.3, -0.25) is 5.21 Å². The molecule has 70 valence electrons. The number of nitrogens with zero attached hydrogens (tertiary/aromatic N) is 1. The van der Waals surface area contributed by atoms with Crippen molar-refractivity contribution in [3.63, 3.8) is 0 Å². The van der Waals surface area contributed by atoms with E-state index in [4.69, 9.17) is 0 Å². The fourth-order valence-electron chi connectivity index (χ4n) is 1.61. The minimum atomic E-state index is 1.11. The maximum atomic E-state index is 9.47. The first-order valence-corrected chi connectivity index (χ1v) is 5.76. The zero-order valence-corrected chi connectivity index (χ0v) is 8.81. The Morgan fingerprint density at radius 2 is 1.50 bits per heavy atom. The zero-order valence-electron chi connectivity index (χ0n) is 7.18. The molecule has 14 heavy (non-hydrogen) atoms. The van der Waals surface area contributed by atoms with Crippen LogP contribution in [0.1, 0.15) is 0 Å². The highest BCUT2D eigenvalue weighted by Crippen LogP contribution is 2.44. The van der Waals surface area contributed by atoms with Crippen LogP contribution < -0.4 is 0 Å². The van der Waals surface area contributed by atoms with Gasteiger partial charge in [0, 0.05) is 15.2 Å². The topological polar surface area (TPSA) is 23.5 Å². The number of hydrogen-bond acceptors (Lipinski definition) is 4. The Labute approximate surface area is 90.1 Å². The first kappa shape index (κ1) is 8.61. The molecule has 0 aromatic heterocycles. The fraction of sp³-hybridized carbons (Fsp3) is 0. The lowest BCUT2D eigenvalue weighted by Crippen LogP contribution is -2.03. The first-order valence-electron chi connectivity index (χ1n) is 4.21. The van der Waals surface area contributed by atoms with Gasteiger partial charge in [-0.25, -0.2) is 0 Å². The Morgan fingerprint density at radius 3 is 2.07 bits per heavy atom. The molecular formula is C10H7NOS2. The van der Waals surface area contributed by atoms with E-state index in [1.807, 2.05) is 24.3 Å². The molecule has 4 heteroatoms. The van der Waals surface area contributed by atoms with Crippen LogP contribution in [-0.4, -0.2) is 9.08 Å². The van der Waals surface area contributed by atoms with E-state index in [2.05, 4.69) is 12.1 Å². The van der Waals surface area contributed by atoms with Gasteiger partial charge in [0.15, 0.2) is 0 Å². The van der Waals surface area contributed by atoms with Crippen LogP contribution in [0.2, 0.25) is 0 Å². The van der Waals surface area contributed by atoms with Gasteiger partial charge >= 0.3 is 0 Å². The molecule has 0 radical (unpaired) electrons. The molecule has 1 N–H and O–H groups in total. The van der Waals surface area contributed by atoms with Crippen LogP contribution in [0.5, 0.6) is 0 Å². The van der Waals surface area contributed by atoms with Gasteiger partial charge in [-0.2, -0.15) is 0 Å². The van der Waals surface area contributed by atoms with Gasteiger partial charge in [0.2, 0.25) is 0 Å². The van der Waals surface area contributed by atoms with Gasteiger partial charge in [-0.05, 0) is 41.4 Å². The molecule has 0 atom stereocenters. The summed E-state index contributed by atoms with van der Waals surface area (Å²) in [5.74, 6) is 0. The zero-order chi connectivity index (χ0) is 9.54. The van der Waals surface area contributed by atoms with Crippen LogP contribution in [0.3, 0.4) is 0 Å². The smallest absolute Gasteiger partial charge is 0.0352 e. The molecule has 2 aromatic carbocycles. The van der Waals surface area contributed by atoms with Crippen molar-refractivity contribution >= 4 is 34.7 Å². The molecule has 3 rings (SSSR count). The van der Waals surface area contributed by atoms with Gasteiger partial charge in [0.05, 0.1) is 0 Å². The van der Waals surface area contributed by atoms with Crippen LogP contribution >= 0.6 is 23.9 Å². The first-order chi connectivity index (χ1) is 6.84. The second-order valence-electron chi connectivity index (χ2n) is 3.03. The minimum absolute atomic E-state index is 1.11. The number of rotatable bonds is 0. The highest BCUT2D eigenvalue weighted by molar-refractivity contribution is 8.12. The Kier molecular flexibility index (Phi) is 1.95. The molecule has 1 aliphatic rings. The van der Waals surface area contributed by atoms with Crippen molar-refractivity contribution in [1.29, 1.82) is 0 Å². The molecule has 1 aliphatic heterocycles. The summed E-state index contributed by atoms with van der Waals surface area (Å²) in [6.45, 7) is 0. The van der Waals surface area contributed by atoms with E-state index in [0.29, 0.717) is 0 Å². The summed E-state index contributed by atoms with van der Waals surface area (Å²) in [5.41, 5.74) is 0. The van der Waals surface area contributed by atoms with E-state index in [1.165, 1.54) is 38.5 Å². The van der Waals surface area contributed by atoms with Crippen molar-refractivity contribution in [3.8, 4) is 0 Å². The number of hydrogen-bond donors (Lipinski definition) is 1. The predicted molar refractivity (Wildman–Crippen MR) is 59.3 cm³/mol. The quantitative estimate of drug-likeness (QED) is 0.687. The Hall–Kier alpha value is -0.680. The van der Waals surface area contributed by atoms with E-state index >= 15 is 0 Å². The Morgan fingerprint density at radius 1 is 0.929 bits per heavy atom. The third-order valence-corrected chi connectivity index (χ3v) is 4.01. The maximum Gasteiger partial charge on any atom is 0.0352 e. The molecule has 2 nitrogen and oxygen atoms in total. The molecule has 0 spiro atoms. The summed E-state index contributed by atoms with van der Waals surface area (Å²) in [6, 6.07) is 12.3. The molecule has 1 heterocycles. The van der Waals surface area contributed by atoms with Crippen molar-refractivity contribution < 1.29 is 5.21 Å². The van der Waals surface area contributed by atoms with E-state index in [0.717, 1.165) is 9.79 Å². The summed E-state index contributed by atoms with van der Waals surface area (Å²) >= 11 is 2.71. The van der Waals surface area contributed by atoms with E-state index in [-0.39, 0.29) is 0 Å². The molecule has 0 fully saturated rings. The molecule has 0 amide bonds. The van der Waals surface area contributed by atoms with Crippen molar-refractivity contribution in [1.82, 2.24) is 3.87 Å². The molecule has 2 aromatic rings. The van der Waals surface area contributed by atoms with Crippen LogP contribution in [0.15, 0.2) is 46.2 Å². The van der Waals surface area contributed by atoms with Gasteiger partial charge < -0.3 is 0 Å². The highest BCUT2D eigenvalue weighted by Gasteiger charge is 2.18. The molecule has 0 bridgehead atoms. The minimum Gasteiger partial charge on any atom is -0.292 e. The standard InChI is InChI=1S/C10H7NOS2/c12-11-13-8-5-1-3-7-4-2-6-9(14-11)10(7)8/h1-6,12H. The molecule has 0 saturated heterocycles. The monoisotopic (exact) mass is 221 g/mol. The molecule has 0 aliphatic carbocycles. The maximum absolute atomic E-state index is 9.47. The van der Waals surface area contributed by atoms with Gasteiger partial charge in [0.1, 0.15) is 0 Å². The van der Waals surface area contributed by atoms with Crippen LogP contribution in [0.25, 0.3) is 10.8 Å². The summed E-state index contributed by atoms with van der Waals surface area (Å²) < 4.78 is 1.19. The van der Waals surface area contributed by atoms with Crippen LogP contribution in [0, 0.1) is 0 Å². The van der Waals surface area contributed by atoms with E-state index in [9.17, 15) is 5.21 Å². The fourth-order valence-corrected chi connectivity index (χ4v) is 3.56. The SMILES string of the molecule is ON1Sc2cccc3cccc(c23)S1. The summed E-state index contributed by atoms with van der Waals surface area (Å²) in [7, 11) is 0. The van der Waals surface area contributed by atoms with Crippen LogP contribution in [0.4, 0.5) is 0 Å². The second kappa shape index (κ2) is 3.17. The van der Waals surface area contributed by atoms with Gasteiger partial charge in [-0.1, -0.05) is 28.1 Å². The lowest BCUT2D eigenvalue weighted by molar-refractivity contribution is 0.124. The third kappa shape index (κ3) is 1.23. The van der Waals surface area contributed by atoms with Gasteiger partial charge in [-0.15, -0.1) is 0 Å². The highest BCUT2D eigenvalue weighted by atomic mass is 32.2. The Bertz CT molecular complexity index is 460. The van der Waals surface area contributed by atoms with Crippen LogP contribution in [-0.2, 0) is 0 Å². The Balaban J connectivity index is 2.40. The van der Waals surface area contributed by atoms with E-state index in [1.54, 1.807) is 0 Å². The predicted octanol–water partition coefficient (Wildman–Crippen LogP) is 3.56. The van der Waals surface area contributed by atoms with Crippen molar-refractivity contribution in [2.75, 3.05) is 0 Å². The molecule has 0 unspecified atom stereocenters. The van der Waals surface area contributed by atoms with Crippen molar-refractivity contribution in [2.45, 2.75) is 9.79 Å². The lowest BCUT2D eigenvalue weighted by atomic mass is 10.1. The normalized spacial score (nSPS) is 16.1. The van der Waals surface area contributed by atoms with Crippen molar-refractivity contribution in [3.05, 3.63) is 36.4 Å². The average Bonchev–Trinajstić information content (AvgIpc) is 2.18. The van der Waals surface area contributed by atoms with Gasteiger partial charge in [0.25, 0.3) is 0 Å². The average molecular weight is 221 g/mol. The number of benzene rings is 2. The van der Waals surface area contributed by atoms with E-state index < -0.39 is 0 Å².